The van der Waals surface area contributed by atoms with Crippen molar-refractivity contribution in [3.05, 3.63) is 59.8 Å². The van der Waals surface area contributed by atoms with Crippen LogP contribution < -0.4 is 11.1 Å². The van der Waals surface area contributed by atoms with Gasteiger partial charge in [-0.25, -0.2) is 4.98 Å². The van der Waals surface area contributed by atoms with E-state index >= 15 is 0 Å². The van der Waals surface area contributed by atoms with E-state index in [1.165, 1.54) is 6.07 Å². The number of anilines is 1. The first-order valence-corrected chi connectivity index (χ1v) is 7.34. The largest absolute Gasteiger partial charge is 0.416 e. The smallest absolute Gasteiger partial charge is 0.370 e. The number of pyridine rings is 1. The average molecular weight is 464 g/mol. The fourth-order valence-corrected chi connectivity index (χ4v) is 2.10. The Kier molecular flexibility index (Phi) is 7.21. The Labute approximate surface area is 161 Å². The molecule has 1 heterocycles. The maximum absolute atomic E-state index is 12.8. The Morgan fingerprint density at radius 3 is 2.40 bits per heavy atom. The molecule has 0 bridgehead atoms. The Bertz CT molecular complexity index is 715. The number of hydrogen-bond acceptors (Lipinski definition) is 2. The van der Waals surface area contributed by atoms with E-state index in [2.05, 4.69) is 15.3 Å². The minimum Gasteiger partial charge on any atom is -0.370 e. The number of nitrogens with one attached hydrogen (secondary N) is 1. The molecule has 0 radical (unpaired) electrons. The summed E-state index contributed by atoms with van der Waals surface area (Å²) >= 11 is 0. The van der Waals surface area contributed by atoms with Crippen molar-refractivity contribution in [2.24, 2.45) is 10.7 Å². The van der Waals surface area contributed by atoms with Crippen LogP contribution in [-0.2, 0) is 11.6 Å². The van der Waals surface area contributed by atoms with Gasteiger partial charge in [0.25, 0.3) is 0 Å². The molecule has 8 heteroatoms. The normalized spacial score (nSPS) is 12.4. The van der Waals surface area contributed by atoms with Gasteiger partial charge in [-0.1, -0.05) is 38.1 Å². The minimum atomic E-state index is -4.37. The third-order valence-electron chi connectivity index (χ3n) is 3.54. The Morgan fingerprint density at radius 2 is 1.80 bits per heavy atom. The number of hydrogen-bond donors (Lipinski definition) is 2. The topological polar surface area (TPSA) is 63.3 Å². The molecule has 25 heavy (non-hydrogen) atoms. The second-order valence-electron chi connectivity index (χ2n) is 6.00. The molecule has 0 saturated heterocycles. The zero-order valence-corrected chi connectivity index (χ0v) is 16.2. The molecule has 0 fully saturated rings. The number of aliphatic imine (C=N–C) groups is 1. The number of nitrogens with two attached hydrogens (primary N) is 1. The van der Waals surface area contributed by atoms with E-state index in [1.54, 1.807) is 30.5 Å². The van der Waals surface area contributed by atoms with Gasteiger partial charge in [-0.15, -0.1) is 24.0 Å². The SMILES string of the molecule is CC(C)(CN=C(N)Nc1ccccn1)c1cccc(C(F)(F)F)c1.I. The highest BCUT2D eigenvalue weighted by Gasteiger charge is 2.32. The van der Waals surface area contributed by atoms with Crippen molar-refractivity contribution < 1.29 is 13.2 Å². The molecule has 136 valence electrons. The number of aromatic nitrogens is 1. The lowest BCUT2D eigenvalue weighted by Crippen LogP contribution is -2.28. The van der Waals surface area contributed by atoms with Crippen LogP contribution in [0.5, 0.6) is 0 Å². The van der Waals surface area contributed by atoms with Crippen LogP contribution in [0.2, 0.25) is 0 Å². The lowest BCUT2D eigenvalue weighted by molar-refractivity contribution is -0.137. The number of halogens is 4. The van der Waals surface area contributed by atoms with E-state index in [0.717, 1.165) is 12.1 Å². The number of benzene rings is 1. The third-order valence-corrected chi connectivity index (χ3v) is 3.54. The molecule has 0 aliphatic carbocycles. The number of alkyl halides is 3. The van der Waals surface area contributed by atoms with Gasteiger partial charge >= 0.3 is 6.18 Å². The van der Waals surface area contributed by atoms with E-state index in [4.69, 9.17) is 5.73 Å². The summed E-state index contributed by atoms with van der Waals surface area (Å²) in [6, 6.07) is 10.6. The van der Waals surface area contributed by atoms with E-state index in [9.17, 15) is 13.2 Å². The fraction of sp³-hybridized carbons (Fsp3) is 0.294. The van der Waals surface area contributed by atoms with Gasteiger partial charge in [-0.05, 0) is 23.8 Å². The van der Waals surface area contributed by atoms with Gasteiger partial charge in [0.05, 0.1) is 12.1 Å². The second kappa shape index (κ2) is 8.50. The Hall–Kier alpha value is -1.84. The second-order valence-corrected chi connectivity index (χ2v) is 6.00. The first-order valence-electron chi connectivity index (χ1n) is 7.34. The van der Waals surface area contributed by atoms with Crippen LogP contribution in [0.25, 0.3) is 0 Å². The molecular weight excluding hydrogens is 444 g/mol. The van der Waals surface area contributed by atoms with Crippen LogP contribution in [0, 0.1) is 0 Å². The van der Waals surface area contributed by atoms with E-state index < -0.39 is 17.2 Å². The predicted octanol–water partition coefficient (Wildman–Crippen LogP) is 4.42. The van der Waals surface area contributed by atoms with E-state index in [-0.39, 0.29) is 36.5 Å². The van der Waals surface area contributed by atoms with Crippen molar-refractivity contribution in [3.63, 3.8) is 0 Å². The quantitative estimate of drug-likeness (QED) is 0.400. The van der Waals surface area contributed by atoms with Crippen molar-refractivity contribution in [2.45, 2.75) is 25.4 Å². The van der Waals surface area contributed by atoms with Gasteiger partial charge in [0.15, 0.2) is 5.96 Å². The molecule has 3 N–H and O–H groups in total. The Morgan fingerprint density at radius 1 is 1.12 bits per heavy atom. The first kappa shape index (κ1) is 21.2. The van der Waals surface area contributed by atoms with Crippen molar-refractivity contribution >= 4 is 35.8 Å². The number of rotatable bonds is 4. The van der Waals surface area contributed by atoms with E-state index in [0.29, 0.717) is 11.4 Å². The summed E-state index contributed by atoms with van der Waals surface area (Å²) in [5, 5.41) is 2.84. The van der Waals surface area contributed by atoms with Crippen molar-refractivity contribution in [2.75, 3.05) is 11.9 Å². The van der Waals surface area contributed by atoms with Crippen molar-refractivity contribution in [3.8, 4) is 0 Å². The monoisotopic (exact) mass is 464 g/mol. The Balaban J connectivity index is 0.00000312. The molecule has 2 aromatic rings. The van der Waals surface area contributed by atoms with Gasteiger partial charge in [-0.2, -0.15) is 13.2 Å². The molecule has 0 aliphatic heterocycles. The minimum absolute atomic E-state index is 0. The van der Waals surface area contributed by atoms with E-state index in [1.807, 2.05) is 13.8 Å². The highest BCUT2D eigenvalue weighted by Crippen LogP contribution is 2.32. The standard InChI is InChI=1S/C17H19F3N4.HI/c1-16(2,12-6-5-7-13(10-12)17(18,19)20)11-23-15(21)24-14-8-3-4-9-22-14;/h3-10H,11H2,1-2H3,(H3,21,22,23,24);1H. The van der Waals surface area contributed by atoms with Gasteiger partial charge in [0, 0.05) is 11.6 Å². The van der Waals surface area contributed by atoms with Crippen LogP contribution in [0.15, 0.2) is 53.7 Å². The molecule has 4 nitrogen and oxygen atoms in total. The fourth-order valence-electron chi connectivity index (χ4n) is 2.10. The van der Waals surface area contributed by atoms with Gasteiger partial charge in [-0.3, -0.25) is 4.99 Å². The van der Waals surface area contributed by atoms with Crippen LogP contribution >= 0.6 is 24.0 Å². The van der Waals surface area contributed by atoms with Crippen LogP contribution in [0.4, 0.5) is 19.0 Å². The summed E-state index contributed by atoms with van der Waals surface area (Å²) in [7, 11) is 0. The van der Waals surface area contributed by atoms with Crippen LogP contribution in [-0.4, -0.2) is 17.5 Å². The zero-order chi connectivity index (χ0) is 17.8. The maximum Gasteiger partial charge on any atom is 0.416 e. The molecule has 1 aromatic heterocycles. The zero-order valence-electron chi connectivity index (χ0n) is 13.8. The third kappa shape index (κ3) is 6.18. The summed E-state index contributed by atoms with van der Waals surface area (Å²) < 4.78 is 38.5. The number of guanidine groups is 1. The van der Waals surface area contributed by atoms with Crippen LogP contribution in [0.1, 0.15) is 25.0 Å². The van der Waals surface area contributed by atoms with Gasteiger partial charge in [0.2, 0.25) is 0 Å². The molecule has 1 aromatic carbocycles. The average Bonchev–Trinajstić information content (AvgIpc) is 2.53. The molecule has 0 saturated carbocycles. The highest BCUT2D eigenvalue weighted by molar-refractivity contribution is 14.0. The first-order chi connectivity index (χ1) is 11.2. The van der Waals surface area contributed by atoms with Gasteiger partial charge < -0.3 is 11.1 Å². The lowest BCUT2D eigenvalue weighted by Gasteiger charge is -2.24. The summed E-state index contributed by atoms with van der Waals surface area (Å²) in [5.74, 6) is 0.712. The molecule has 0 spiro atoms. The molecule has 0 unspecified atom stereocenters. The summed E-state index contributed by atoms with van der Waals surface area (Å²) in [6.45, 7) is 3.88. The summed E-state index contributed by atoms with van der Waals surface area (Å²) in [5.41, 5.74) is 5.09. The summed E-state index contributed by atoms with van der Waals surface area (Å²) in [4.78, 5) is 8.28. The van der Waals surface area contributed by atoms with Crippen LogP contribution in [0.3, 0.4) is 0 Å². The predicted molar refractivity (Wildman–Crippen MR) is 104 cm³/mol. The van der Waals surface area contributed by atoms with Gasteiger partial charge in [0.1, 0.15) is 5.82 Å². The summed E-state index contributed by atoms with van der Waals surface area (Å²) in [6.07, 6.45) is -2.75. The highest BCUT2D eigenvalue weighted by atomic mass is 127. The molecule has 2 rings (SSSR count). The maximum atomic E-state index is 12.8. The van der Waals surface area contributed by atoms with Crippen molar-refractivity contribution in [1.82, 2.24) is 4.98 Å². The molecule has 0 aliphatic rings. The molecular formula is C17H20F3IN4. The van der Waals surface area contributed by atoms with Crippen molar-refractivity contribution in [1.29, 1.82) is 0 Å². The molecule has 0 amide bonds. The number of nitrogens with zero attached hydrogens (tertiary/aromatic N) is 2. The lowest BCUT2D eigenvalue weighted by atomic mass is 9.84. The molecule has 0 atom stereocenters.